The number of hydrogen-bond acceptors (Lipinski definition) is 4. The Balaban J connectivity index is 2.29. The zero-order valence-corrected chi connectivity index (χ0v) is 16.8. The highest BCUT2D eigenvalue weighted by molar-refractivity contribution is 5.99. The maximum atomic E-state index is 14.1. The van der Waals surface area contributed by atoms with Gasteiger partial charge in [0.1, 0.15) is 5.83 Å². The first-order valence-corrected chi connectivity index (χ1v) is 9.13. The number of carbonyl (C=O) groups excluding carboxylic acids is 1. The van der Waals surface area contributed by atoms with E-state index in [9.17, 15) is 9.18 Å². The van der Waals surface area contributed by atoms with Gasteiger partial charge in [0.2, 0.25) is 0 Å². The maximum absolute atomic E-state index is 14.1. The van der Waals surface area contributed by atoms with E-state index < -0.39 is 11.8 Å². The summed E-state index contributed by atoms with van der Waals surface area (Å²) in [6.45, 7) is 7.03. The van der Waals surface area contributed by atoms with Gasteiger partial charge in [-0.1, -0.05) is 25.3 Å². The molecule has 0 bridgehead atoms. The van der Waals surface area contributed by atoms with Crippen molar-refractivity contribution in [2.24, 2.45) is 0 Å². The molecule has 1 aliphatic rings. The van der Waals surface area contributed by atoms with Crippen molar-refractivity contribution in [3.05, 3.63) is 77.7 Å². The van der Waals surface area contributed by atoms with Crippen LogP contribution in [0.4, 0.5) is 4.39 Å². The van der Waals surface area contributed by atoms with Crippen LogP contribution in [-0.4, -0.2) is 27.3 Å². The Morgan fingerprint density at radius 3 is 2.10 bits per heavy atom. The maximum Gasteiger partial charge on any atom is 0.338 e. The monoisotopic (exact) mass is 394 g/mol. The number of hydrogen-bond donors (Lipinski definition) is 0. The number of methoxy groups -OCH3 is 3. The molecule has 0 radical (unpaired) electrons. The fourth-order valence-corrected chi connectivity index (χ4v) is 3.70. The predicted octanol–water partition coefficient (Wildman–Crippen LogP) is 5.31. The van der Waals surface area contributed by atoms with Crippen molar-refractivity contribution in [3.63, 3.8) is 0 Å². The molecule has 0 heterocycles. The van der Waals surface area contributed by atoms with E-state index >= 15 is 0 Å². The molecule has 29 heavy (non-hydrogen) atoms. The third kappa shape index (κ3) is 3.68. The second-order valence-corrected chi connectivity index (χ2v) is 6.63. The smallest absolute Gasteiger partial charge is 0.338 e. The van der Waals surface area contributed by atoms with E-state index in [1.807, 2.05) is 18.2 Å². The average Bonchev–Trinajstić information content (AvgIpc) is 2.74. The number of ether oxygens (including phenoxy) is 3. The lowest BCUT2D eigenvalue weighted by molar-refractivity contribution is 0.0600. The molecule has 0 fully saturated rings. The minimum Gasteiger partial charge on any atom is -0.493 e. The molecule has 150 valence electrons. The lowest BCUT2D eigenvalue weighted by Crippen LogP contribution is -2.11. The molecule has 0 aromatic heterocycles. The number of aryl methyl sites for hydroxylation is 2. The normalized spacial score (nSPS) is 12.5. The molecule has 0 atom stereocenters. The SMILES string of the molecule is C=C/C=C(\C(=C)F)c1cc2c(cc1C(=O)OC)-c1cc(OC)c(OC)cc1CC2. The van der Waals surface area contributed by atoms with Gasteiger partial charge in [-0.15, -0.1) is 0 Å². The zero-order chi connectivity index (χ0) is 21.1. The lowest BCUT2D eigenvalue weighted by Gasteiger charge is -2.24. The zero-order valence-electron chi connectivity index (χ0n) is 16.8. The summed E-state index contributed by atoms with van der Waals surface area (Å²) in [7, 11) is 4.48. The van der Waals surface area contributed by atoms with Crippen LogP contribution in [0.25, 0.3) is 16.7 Å². The summed E-state index contributed by atoms with van der Waals surface area (Å²) in [6.07, 6.45) is 4.50. The van der Waals surface area contributed by atoms with E-state index in [-0.39, 0.29) is 11.1 Å². The summed E-state index contributed by atoms with van der Waals surface area (Å²) in [5.74, 6) is 0.0702. The molecule has 4 nitrogen and oxygen atoms in total. The Morgan fingerprint density at radius 1 is 0.966 bits per heavy atom. The first-order valence-electron chi connectivity index (χ1n) is 9.13. The molecule has 0 saturated carbocycles. The second-order valence-electron chi connectivity index (χ2n) is 6.63. The molecule has 5 heteroatoms. The molecule has 0 unspecified atom stereocenters. The molecule has 0 amide bonds. The summed E-state index contributed by atoms with van der Waals surface area (Å²) < 4.78 is 30.0. The van der Waals surface area contributed by atoms with Gasteiger partial charge < -0.3 is 14.2 Å². The Bertz CT molecular complexity index is 1030. The van der Waals surface area contributed by atoms with Crippen molar-refractivity contribution >= 4 is 11.5 Å². The average molecular weight is 394 g/mol. The first kappa shape index (κ1) is 20.4. The Morgan fingerprint density at radius 2 is 1.55 bits per heavy atom. The van der Waals surface area contributed by atoms with Gasteiger partial charge in [-0.25, -0.2) is 9.18 Å². The highest BCUT2D eigenvalue weighted by Gasteiger charge is 2.25. The molecule has 0 aliphatic heterocycles. The third-order valence-corrected chi connectivity index (χ3v) is 5.08. The van der Waals surface area contributed by atoms with Gasteiger partial charge in [0.15, 0.2) is 11.5 Å². The topological polar surface area (TPSA) is 44.8 Å². The highest BCUT2D eigenvalue weighted by Crippen LogP contribution is 2.42. The lowest BCUT2D eigenvalue weighted by atomic mass is 9.82. The van der Waals surface area contributed by atoms with Gasteiger partial charge >= 0.3 is 5.97 Å². The predicted molar refractivity (Wildman–Crippen MR) is 112 cm³/mol. The summed E-state index contributed by atoms with van der Waals surface area (Å²) in [6, 6.07) is 7.44. The largest absolute Gasteiger partial charge is 0.493 e. The molecule has 2 aromatic rings. The van der Waals surface area contributed by atoms with Crippen molar-refractivity contribution < 1.29 is 23.4 Å². The van der Waals surface area contributed by atoms with Crippen LogP contribution in [0.15, 0.2) is 55.4 Å². The van der Waals surface area contributed by atoms with Crippen molar-refractivity contribution in [1.82, 2.24) is 0 Å². The third-order valence-electron chi connectivity index (χ3n) is 5.08. The Hall–Kier alpha value is -3.34. The van der Waals surface area contributed by atoms with E-state index in [4.69, 9.17) is 14.2 Å². The summed E-state index contributed by atoms with van der Waals surface area (Å²) >= 11 is 0. The number of allylic oxidation sites excluding steroid dienone is 4. The second kappa shape index (κ2) is 8.35. The van der Waals surface area contributed by atoms with Crippen LogP contribution >= 0.6 is 0 Å². The van der Waals surface area contributed by atoms with Gasteiger partial charge in [-0.2, -0.15) is 0 Å². The van der Waals surface area contributed by atoms with Gasteiger partial charge in [-0.05, 0) is 64.9 Å². The van der Waals surface area contributed by atoms with Gasteiger partial charge in [0.05, 0.1) is 26.9 Å². The number of carbonyl (C=O) groups is 1. The molecule has 0 N–H and O–H groups in total. The van der Waals surface area contributed by atoms with E-state index in [1.165, 1.54) is 19.3 Å². The van der Waals surface area contributed by atoms with E-state index in [2.05, 4.69) is 13.2 Å². The number of halogens is 1. The van der Waals surface area contributed by atoms with Crippen LogP contribution in [-0.2, 0) is 17.6 Å². The molecule has 1 aliphatic carbocycles. The molecule has 2 aromatic carbocycles. The van der Waals surface area contributed by atoms with Crippen LogP contribution in [0.3, 0.4) is 0 Å². The van der Waals surface area contributed by atoms with Crippen molar-refractivity contribution in [1.29, 1.82) is 0 Å². The van der Waals surface area contributed by atoms with Crippen LogP contribution in [0.2, 0.25) is 0 Å². The minimum atomic E-state index is -0.641. The Kier molecular flexibility index (Phi) is 5.87. The molecule has 0 saturated heterocycles. The minimum absolute atomic E-state index is 0.210. The van der Waals surface area contributed by atoms with Crippen LogP contribution < -0.4 is 9.47 Å². The van der Waals surface area contributed by atoms with Gasteiger partial charge in [-0.3, -0.25) is 0 Å². The fraction of sp³-hybridized carbons (Fsp3) is 0.208. The first-order chi connectivity index (χ1) is 13.9. The number of rotatable bonds is 6. The van der Waals surface area contributed by atoms with E-state index in [0.29, 0.717) is 17.1 Å². The molecule has 0 spiro atoms. The number of benzene rings is 2. The standard InChI is InChI=1S/C24H23FO4/c1-6-7-17(14(2)25)20-10-15-8-9-16-11-22(27-3)23(28-4)13-19(16)18(15)12-21(20)24(26)29-5/h6-7,10-13H,1-2,8-9H2,3-5H3/b17-7+. The molecule has 3 rings (SSSR count). The van der Waals surface area contributed by atoms with E-state index in [0.717, 1.165) is 35.1 Å². The van der Waals surface area contributed by atoms with Gasteiger partial charge in [0, 0.05) is 5.57 Å². The fourth-order valence-electron chi connectivity index (χ4n) is 3.70. The van der Waals surface area contributed by atoms with Gasteiger partial charge in [0.25, 0.3) is 0 Å². The number of fused-ring (bicyclic) bond motifs is 3. The van der Waals surface area contributed by atoms with Crippen LogP contribution in [0.1, 0.15) is 27.0 Å². The quantitative estimate of drug-likeness (QED) is 0.492. The summed E-state index contributed by atoms with van der Waals surface area (Å²) in [4.78, 5) is 12.5. The van der Waals surface area contributed by atoms with Crippen molar-refractivity contribution in [3.8, 4) is 22.6 Å². The highest BCUT2D eigenvalue weighted by atomic mass is 19.1. The molecular formula is C24H23FO4. The van der Waals surface area contributed by atoms with E-state index in [1.54, 1.807) is 20.3 Å². The Labute approximate surface area is 169 Å². The number of esters is 1. The molecular weight excluding hydrogens is 371 g/mol. The van der Waals surface area contributed by atoms with Crippen LogP contribution in [0, 0.1) is 0 Å². The van der Waals surface area contributed by atoms with Crippen molar-refractivity contribution in [2.45, 2.75) is 12.8 Å². The van der Waals surface area contributed by atoms with Crippen LogP contribution in [0.5, 0.6) is 11.5 Å². The van der Waals surface area contributed by atoms with Crippen molar-refractivity contribution in [2.75, 3.05) is 21.3 Å². The summed E-state index contributed by atoms with van der Waals surface area (Å²) in [5.41, 5.74) is 4.85. The summed E-state index contributed by atoms with van der Waals surface area (Å²) in [5, 5.41) is 0.